The molecule has 2 rings (SSSR count). The smallest absolute Gasteiger partial charge is 0.394 e. The Morgan fingerprint density at radius 2 is 2.29 bits per heavy atom. The molecule has 0 aromatic carbocycles. The third-order valence-electron chi connectivity index (χ3n) is 1.53. The van der Waals surface area contributed by atoms with Crippen molar-refractivity contribution in [2.45, 2.75) is 0 Å². The van der Waals surface area contributed by atoms with Crippen molar-refractivity contribution in [1.82, 2.24) is 15.4 Å². The molecule has 2 aromatic heterocycles. The molecule has 0 atom stereocenters. The summed E-state index contributed by atoms with van der Waals surface area (Å²) in [7, 11) is 0. The molecular formula is C7H4N4O3. The molecule has 0 radical (unpaired) electrons. The summed E-state index contributed by atoms with van der Waals surface area (Å²) in [6.45, 7) is 0. The zero-order valence-corrected chi connectivity index (χ0v) is 6.82. The molecule has 0 unspecified atom stereocenters. The standard InChI is InChI=1S/C7H4N4O3/c12-11(13)7-4-5(8-10-9-7)6-2-1-3-14-6/h1-4H. The van der Waals surface area contributed by atoms with Gasteiger partial charge in [-0.15, -0.1) is 5.10 Å². The average molecular weight is 192 g/mol. The van der Waals surface area contributed by atoms with Crippen LogP contribution in [0.5, 0.6) is 0 Å². The Morgan fingerprint density at radius 3 is 2.93 bits per heavy atom. The summed E-state index contributed by atoms with van der Waals surface area (Å²) < 4.78 is 5.00. The maximum atomic E-state index is 10.4. The van der Waals surface area contributed by atoms with Gasteiger partial charge in [0.2, 0.25) is 0 Å². The number of hydrogen-bond acceptors (Lipinski definition) is 6. The van der Waals surface area contributed by atoms with E-state index < -0.39 is 4.92 Å². The Balaban J connectivity index is 2.46. The minimum absolute atomic E-state index is 0.289. The van der Waals surface area contributed by atoms with Gasteiger partial charge in [-0.25, -0.2) is 0 Å². The highest BCUT2D eigenvalue weighted by Gasteiger charge is 2.12. The Labute approximate surface area is 77.5 Å². The second-order valence-corrected chi connectivity index (χ2v) is 2.41. The van der Waals surface area contributed by atoms with Crippen LogP contribution >= 0.6 is 0 Å². The zero-order chi connectivity index (χ0) is 9.97. The Hall–Kier alpha value is -2.31. The quantitative estimate of drug-likeness (QED) is 0.521. The lowest BCUT2D eigenvalue weighted by Crippen LogP contribution is -1.97. The molecule has 0 N–H and O–H groups in total. The summed E-state index contributed by atoms with van der Waals surface area (Å²) in [6, 6.07) is 4.49. The van der Waals surface area contributed by atoms with Crippen LogP contribution in [0.4, 0.5) is 5.82 Å². The summed E-state index contributed by atoms with van der Waals surface area (Å²) in [4.78, 5) is 9.73. The van der Waals surface area contributed by atoms with Gasteiger partial charge in [0.15, 0.2) is 5.76 Å². The number of rotatable bonds is 2. The Morgan fingerprint density at radius 1 is 1.43 bits per heavy atom. The summed E-state index contributed by atoms with van der Waals surface area (Å²) >= 11 is 0. The zero-order valence-electron chi connectivity index (χ0n) is 6.82. The molecule has 0 aliphatic heterocycles. The first-order chi connectivity index (χ1) is 6.77. The van der Waals surface area contributed by atoms with Gasteiger partial charge in [0.25, 0.3) is 0 Å². The highest BCUT2D eigenvalue weighted by Crippen LogP contribution is 2.18. The molecule has 0 spiro atoms. The molecule has 0 aliphatic rings. The highest BCUT2D eigenvalue weighted by molar-refractivity contribution is 5.52. The molecule has 7 nitrogen and oxygen atoms in total. The minimum Gasteiger partial charge on any atom is -0.463 e. The third kappa shape index (κ3) is 1.42. The molecule has 2 aromatic rings. The van der Waals surface area contributed by atoms with Crippen LogP contribution in [0.15, 0.2) is 28.9 Å². The van der Waals surface area contributed by atoms with E-state index in [1.165, 1.54) is 12.3 Å². The van der Waals surface area contributed by atoms with E-state index in [1.807, 2.05) is 0 Å². The van der Waals surface area contributed by atoms with Gasteiger partial charge in [-0.2, -0.15) is 0 Å². The number of hydrogen-bond donors (Lipinski definition) is 0. The van der Waals surface area contributed by atoms with Crippen LogP contribution in [0.25, 0.3) is 11.5 Å². The summed E-state index contributed by atoms with van der Waals surface area (Å²) in [5, 5.41) is 20.5. The maximum Gasteiger partial charge on any atom is 0.394 e. The monoisotopic (exact) mass is 192 g/mol. The van der Waals surface area contributed by atoms with E-state index in [4.69, 9.17) is 4.42 Å². The highest BCUT2D eigenvalue weighted by atomic mass is 16.6. The molecule has 14 heavy (non-hydrogen) atoms. The van der Waals surface area contributed by atoms with Crippen LogP contribution in [0.1, 0.15) is 0 Å². The molecule has 0 amide bonds. The fraction of sp³-hybridized carbons (Fsp3) is 0. The Bertz CT molecular complexity index is 454. The molecule has 70 valence electrons. The normalized spacial score (nSPS) is 10.0. The van der Waals surface area contributed by atoms with Gasteiger partial charge in [0, 0.05) is 0 Å². The van der Waals surface area contributed by atoms with E-state index in [-0.39, 0.29) is 11.5 Å². The van der Waals surface area contributed by atoms with Crippen molar-refractivity contribution in [3.8, 4) is 11.5 Å². The van der Waals surface area contributed by atoms with Crippen molar-refractivity contribution in [3.63, 3.8) is 0 Å². The fourth-order valence-corrected chi connectivity index (χ4v) is 0.930. The first-order valence-corrected chi connectivity index (χ1v) is 3.66. The van der Waals surface area contributed by atoms with Gasteiger partial charge in [-0.05, 0) is 17.1 Å². The van der Waals surface area contributed by atoms with E-state index in [2.05, 4.69) is 15.4 Å². The first kappa shape index (κ1) is 8.30. The van der Waals surface area contributed by atoms with Gasteiger partial charge >= 0.3 is 5.82 Å². The second-order valence-electron chi connectivity index (χ2n) is 2.41. The predicted octanol–water partition coefficient (Wildman–Crippen LogP) is 1.04. The summed E-state index contributed by atoms with van der Waals surface area (Å²) in [6.07, 6.45) is 1.45. The molecule has 2 heterocycles. The minimum atomic E-state index is -0.638. The SMILES string of the molecule is O=[N+]([O-])c1cc(-c2ccco2)nnn1. The van der Waals surface area contributed by atoms with Gasteiger partial charge < -0.3 is 14.5 Å². The molecular weight excluding hydrogens is 188 g/mol. The lowest BCUT2D eigenvalue weighted by Gasteiger charge is -1.92. The lowest BCUT2D eigenvalue weighted by atomic mass is 10.3. The molecule has 0 aliphatic carbocycles. The van der Waals surface area contributed by atoms with Crippen LogP contribution in [0.2, 0.25) is 0 Å². The van der Waals surface area contributed by atoms with Gasteiger partial charge in [-0.1, -0.05) is 0 Å². The van der Waals surface area contributed by atoms with Crippen LogP contribution < -0.4 is 0 Å². The largest absolute Gasteiger partial charge is 0.463 e. The van der Waals surface area contributed by atoms with E-state index in [9.17, 15) is 10.1 Å². The molecule has 7 heteroatoms. The number of nitro groups is 1. The Kier molecular flexibility index (Phi) is 1.90. The number of aromatic nitrogens is 3. The average Bonchev–Trinajstić information content (AvgIpc) is 2.71. The topological polar surface area (TPSA) is 95.0 Å². The van der Waals surface area contributed by atoms with Crippen molar-refractivity contribution in [3.05, 3.63) is 34.6 Å². The third-order valence-corrected chi connectivity index (χ3v) is 1.53. The van der Waals surface area contributed by atoms with Crippen molar-refractivity contribution < 1.29 is 9.34 Å². The lowest BCUT2D eigenvalue weighted by molar-refractivity contribution is -0.390. The van der Waals surface area contributed by atoms with Gasteiger partial charge in [-0.3, -0.25) is 0 Å². The van der Waals surface area contributed by atoms with Crippen LogP contribution in [0.3, 0.4) is 0 Å². The first-order valence-electron chi connectivity index (χ1n) is 3.66. The molecule has 0 bridgehead atoms. The molecule has 0 fully saturated rings. The van der Waals surface area contributed by atoms with Crippen LogP contribution in [0, 0.1) is 10.1 Å². The summed E-state index contributed by atoms with van der Waals surface area (Å²) in [5.41, 5.74) is 0.289. The van der Waals surface area contributed by atoms with E-state index in [0.717, 1.165) is 0 Å². The van der Waals surface area contributed by atoms with Gasteiger partial charge in [0.1, 0.15) is 10.8 Å². The van der Waals surface area contributed by atoms with Crippen LogP contribution in [-0.4, -0.2) is 20.3 Å². The predicted molar refractivity (Wildman–Crippen MR) is 44.2 cm³/mol. The molecule has 0 saturated carbocycles. The summed E-state index contributed by atoms with van der Waals surface area (Å²) in [5.74, 6) is 0.0643. The molecule has 0 saturated heterocycles. The number of furan rings is 1. The van der Waals surface area contributed by atoms with Crippen LogP contribution in [-0.2, 0) is 0 Å². The van der Waals surface area contributed by atoms with E-state index in [0.29, 0.717) is 5.76 Å². The fourth-order valence-electron chi connectivity index (χ4n) is 0.930. The van der Waals surface area contributed by atoms with Crippen molar-refractivity contribution in [1.29, 1.82) is 0 Å². The number of nitrogens with zero attached hydrogens (tertiary/aromatic N) is 4. The van der Waals surface area contributed by atoms with Crippen molar-refractivity contribution in [2.24, 2.45) is 0 Å². The maximum absolute atomic E-state index is 10.4. The van der Waals surface area contributed by atoms with Crippen molar-refractivity contribution in [2.75, 3.05) is 0 Å². The second kappa shape index (κ2) is 3.21. The van der Waals surface area contributed by atoms with E-state index in [1.54, 1.807) is 12.1 Å². The van der Waals surface area contributed by atoms with Gasteiger partial charge in [0.05, 0.1) is 17.5 Å². The van der Waals surface area contributed by atoms with E-state index >= 15 is 0 Å². The van der Waals surface area contributed by atoms with Crippen molar-refractivity contribution >= 4 is 5.82 Å².